The van der Waals surface area contributed by atoms with Crippen molar-refractivity contribution in [2.75, 3.05) is 5.75 Å². The van der Waals surface area contributed by atoms with Crippen molar-refractivity contribution >= 4 is 49.7 Å². The van der Waals surface area contributed by atoms with E-state index >= 15 is 0 Å². The smallest absolute Gasteiger partial charge is 0.268 e. The Morgan fingerprint density at radius 2 is 1.89 bits per heavy atom. The molecule has 0 saturated heterocycles. The molecule has 0 atom stereocenters. The lowest BCUT2D eigenvalue weighted by Crippen LogP contribution is -2.00. The number of carbonyl (C=O) groups is 1. The Labute approximate surface area is 175 Å². The molecule has 0 radical (unpaired) electrons. The van der Waals surface area contributed by atoms with Crippen LogP contribution < -0.4 is 0 Å². The highest BCUT2D eigenvalue weighted by molar-refractivity contribution is 8.14. The minimum atomic E-state index is -4.10. The summed E-state index contributed by atoms with van der Waals surface area (Å²) < 4.78 is 30.0. The average Bonchev–Trinajstić information content (AvgIpc) is 3.20. The number of aryl methyl sites for hydroxylation is 2. The van der Waals surface area contributed by atoms with E-state index in [1.165, 1.54) is 16.2 Å². The van der Waals surface area contributed by atoms with Crippen molar-refractivity contribution in [3.8, 4) is 20.9 Å². The Balaban J connectivity index is 1.68. The zero-order valence-electron chi connectivity index (χ0n) is 15.1. The van der Waals surface area contributed by atoms with Gasteiger partial charge in [0.15, 0.2) is 0 Å². The summed E-state index contributed by atoms with van der Waals surface area (Å²) in [5.74, 6) is -0.570. The maximum absolute atomic E-state index is 11.9. The third kappa shape index (κ3) is 5.62. The number of thioether (sulfide) groups is 1. The number of rotatable bonds is 6. The van der Waals surface area contributed by atoms with E-state index in [0.29, 0.717) is 0 Å². The molecule has 0 aliphatic heterocycles. The fourth-order valence-corrected chi connectivity index (χ4v) is 5.55. The Bertz CT molecular complexity index is 1130. The molecule has 3 aromatic rings. The van der Waals surface area contributed by atoms with E-state index in [0.717, 1.165) is 55.5 Å². The molecule has 0 unspecified atom stereocenters. The summed E-state index contributed by atoms with van der Waals surface area (Å²) in [5, 5.41) is 2.64. The third-order valence-electron chi connectivity index (χ3n) is 3.69. The number of thiazole rings is 1. The van der Waals surface area contributed by atoms with Gasteiger partial charge < -0.3 is 0 Å². The molecule has 0 aliphatic carbocycles. The lowest BCUT2D eigenvalue weighted by atomic mass is 10.1. The maximum Gasteiger partial charge on any atom is 0.268 e. The topological polar surface area (TPSA) is 84.3 Å². The van der Waals surface area contributed by atoms with Crippen molar-refractivity contribution in [1.82, 2.24) is 4.98 Å². The fourth-order valence-electron chi connectivity index (χ4n) is 2.52. The second-order valence-electron chi connectivity index (χ2n) is 5.94. The van der Waals surface area contributed by atoms with E-state index in [-0.39, 0.29) is 5.12 Å². The van der Waals surface area contributed by atoms with Gasteiger partial charge in [-0.25, -0.2) is 4.98 Å². The molecule has 146 valence electrons. The Morgan fingerprint density at radius 1 is 1.21 bits per heavy atom. The standard InChI is InChI=1S/C19H17NO4S4/c1-12-19(26-13(2)20-12)15-7-5-14(6-8-15)17-10-16(11-25-17)27-18(21)4-3-9-28(22,23)24/h3-8,10-11H,9H2,1-2H3,(H,22,23,24). The van der Waals surface area contributed by atoms with Crippen molar-refractivity contribution in [3.05, 3.63) is 58.6 Å². The molecule has 0 bridgehead atoms. The van der Waals surface area contributed by atoms with E-state index < -0.39 is 15.9 Å². The fraction of sp³-hybridized carbons (Fsp3) is 0.158. The van der Waals surface area contributed by atoms with Crippen LogP contribution in [0.1, 0.15) is 10.7 Å². The minimum Gasteiger partial charge on any atom is -0.285 e. The zero-order valence-corrected chi connectivity index (χ0v) is 18.3. The normalized spacial score (nSPS) is 12.0. The van der Waals surface area contributed by atoms with E-state index in [9.17, 15) is 13.2 Å². The third-order valence-corrected chi connectivity index (χ3v) is 7.36. The maximum atomic E-state index is 11.9. The summed E-state index contributed by atoms with van der Waals surface area (Å²) in [5.41, 5.74) is 3.23. The van der Waals surface area contributed by atoms with Crippen LogP contribution in [-0.4, -0.2) is 28.8 Å². The molecule has 0 fully saturated rings. The van der Waals surface area contributed by atoms with Gasteiger partial charge in [-0.05, 0) is 48.9 Å². The van der Waals surface area contributed by atoms with Crippen LogP contribution >= 0.6 is 34.4 Å². The number of carbonyl (C=O) groups excluding carboxylic acids is 1. The highest BCUT2D eigenvalue weighted by atomic mass is 32.2. The lowest BCUT2D eigenvalue weighted by Gasteiger charge is -2.01. The zero-order chi connectivity index (χ0) is 20.3. The summed E-state index contributed by atoms with van der Waals surface area (Å²) in [6.45, 7) is 4.01. The van der Waals surface area contributed by atoms with Gasteiger partial charge in [0.2, 0.25) is 5.12 Å². The number of aromatic nitrogens is 1. The van der Waals surface area contributed by atoms with Crippen molar-refractivity contribution in [1.29, 1.82) is 0 Å². The average molecular weight is 452 g/mol. The summed E-state index contributed by atoms with van der Waals surface area (Å²) in [6.07, 6.45) is 2.30. The summed E-state index contributed by atoms with van der Waals surface area (Å²) in [7, 11) is -4.10. The summed E-state index contributed by atoms with van der Waals surface area (Å²) >= 11 is 4.23. The first-order valence-corrected chi connectivity index (χ1v) is 12.3. The number of benzene rings is 1. The number of hydrogen-bond acceptors (Lipinski definition) is 7. The van der Waals surface area contributed by atoms with Crippen LogP contribution in [0.2, 0.25) is 0 Å². The highest BCUT2D eigenvalue weighted by Crippen LogP contribution is 2.35. The number of hydrogen-bond donors (Lipinski definition) is 1. The molecular formula is C19H17NO4S4. The quantitative estimate of drug-likeness (QED) is 0.314. The van der Waals surface area contributed by atoms with Gasteiger partial charge >= 0.3 is 0 Å². The SMILES string of the molecule is Cc1nc(C)c(-c2ccc(-c3cc(SC(=O)C=CCS(=O)(=O)O)cs3)cc2)s1. The molecule has 3 rings (SSSR count). The first kappa shape index (κ1) is 20.9. The molecule has 0 amide bonds. The van der Waals surface area contributed by atoms with Crippen LogP contribution in [-0.2, 0) is 14.9 Å². The van der Waals surface area contributed by atoms with Crippen molar-refractivity contribution in [2.24, 2.45) is 0 Å². The minimum absolute atomic E-state index is 0.292. The monoisotopic (exact) mass is 451 g/mol. The first-order chi connectivity index (χ1) is 13.2. The molecule has 1 aromatic carbocycles. The molecule has 2 heterocycles. The Morgan fingerprint density at radius 3 is 2.50 bits per heavy atom. The largest absolute Gasteiger partial charge is 0.285 e. The van der Waals surface area contributed by atoms with Crippen LogP contribution in [0.3, 0.4) is 0 Å². The molecule has 1 N–H and O–H groups in total. The van der Waals surface area contributed by atoms with E-state index in [1.54, 1.807) is 11.3 Å². The Hall–Kier alpha value is -1.78. The van der Waals surface area contributed by atoms with Gasteiger partial charge in [-0.3, -0.25) is 9.35 Å². The van der Waals surface area contributed by atoms with Crippen molar-refractivity contribution in [3.63, 3.8) is 0 Å². The van der Waals surface area contributed by atoms with E-state index in [4.69, 9.17) is 4.55 Å². The van der Waals surface area contributed by atoms with Gasteiger partial charge in [0.1, 0.15) is 0 Å². The number of thiophene rings is 1. The lowest BCUT2D eigenvalue weighted by molar-refractivity contribution is -0.107. The van der Waals surface area contributed by atoms with Gasteiger partial charge in [0, 0.05) is 15.2 Å². The van der Waals surface area contributed by atoms with Gasteiger partial charge in [0.25, 0.3) is 10.1 Å². The van der Waals surface area contributed by atoms with Crippen molar-refractivity contribution < 1.29 is 17.8 Å². The van der Waals surface area contributed by atoms with Crippen LogP contribution in [0.5, 0.6) is 0 Å². The molecule has 0 saturated carbocycles. The molecule has 9 heteroatoms. The molecule has 5 nitrogen and oxygen atoms in total. The summed E-state index contributed by atoms with van der Waals surface area (Å²) in [6, 6.07) is 10.2. The van der Waals surface area contributed by atoms with E-state index in [2.05, 4.69) is 29.2 Å². The summed E-state index contributed by atoms with van der Waals surface area (Å²) in [4.78, 5) is 19.4. The van der Waals surface area contributed by atoms with E-state index in [1.807, 2.05) is 25.3 Å². The molecule has 0 aliphatic rings. The Kier molecular flexibility index (Phi) is 6.51. The second kappa shape index (κ2) is 8.71. The number of nitrogens with zero attached hydrogens (tertiary/aromatic N) is 1. The predicted octanol–water partition coefficient (Wildman–Crippen LogP) is 5.22. The predicted molar refractivity (Wildman–Crippen MR) is 117 cm³/mol. The van der Waals surface area contributed by atoms with Crippen molar-refractivity contribution in [2.45, 2.75) is 18.7 Å². The van der Waals surface area contributed by atoms with Gasteiger partial charge in [-0.2, -0.15) is 8.42 Å². The molecule has 28 heavy (non-hydrogen) atoms. The van der Waals surface area contributed by atoms with Crippen LogP contribution in [0, 0.1) is 13.8 Å². The molecular weight excluding hydrogens is 434 g/mol. The van der Waals surface area contributed by atoms with Gasteiger partial charge in [0.05, 0.1) is 21.3 Å². The van der Waals surface area contributed by atoms with Crippen LogP contribution in [0.25, 0.3) is 20.9 Å². The second-order valence-corrected chi connectivity index (χ2v) is 10.6. The van der Waals surface area contributed by atoms with Crippen LogP contribution in [0.15, 0.2) is 52.8 Å². The molecule has 0 spiro atoms. The van der Waals surface area contributed by atoms with Gasteiger partial charge in [-0.15, -0.1) is 22.7 Å². The van der Waals surface area contributed by atoms with Gasteiger partial charge in [-0.1, -0.05) is 30.3 Å². The van der Waals surface area contributed by atoms with Crippen LogP contribution in [0.4, 0.5) is 0 Å². The highest BCUT2D eigenvalue weighted by Gasteiger charge is 2.10. The molecule has 2 aromatic heterocycles. The first-order valence-electron chi connectivity index (χ1n) is 8.18.